The van der Waals surface area contributed by atoms with Gasteiger partial charge in [0.05, 0.1) is 5.69 Å². The van der Waals surface area contributed by atoms with E-state index in [-0.39, 0.29) is 18.3 Å². The minimum Gasteiger partial charge on any atom is -0.468 e. The zero-order valence-corrected chi connectivity index (χ0v) is 17.4. The van der Waals surface area contributed by atoms with Gasteiger partial charge in [-0.15, -0.1) is 0 Å². The van der Waals surface area contributed by atoms with Crippen LogP contribution in [0.5, 0.6) is 5.88 Å². The van der Waals surface area contributed by atoms with Crippen LogP contribution in [0, 0.1) is 17.2 Å². The molecule has 0 fully saturated rings. The van der Waals surface area contributed by atoms with Crippen molar-refractivity contribution in [3.63, 3.8) is 0 Å². The predicted molar refractivity (Wildman–Crippen MR) is 117 cm³/mol. The Balaban J connectivity index is 1.72. The second-order valence-electron chi connectivity index (χ2n) is 7.64. The van der Waals surface area contributed by atoms with Gasteiger partial charge >= 0.3 is 0 Å². The van der Waals surface area contributed by atoms with Gasteiger partial charge in [-0.05, 0) is 60.6 Å². The third-order valence-corrected chi connectivity index (χ3v) is 5.74. The highest BCUT2D eigenvalue weighted by Crippen LogP contribution is 2.37. The maximum atomic E-state index is 12.5. The summed E-state index contributed by atoms with van der Waals surface area (Å²) >= 11 is 5.90. The van der Waals surface area contributed by atoms with Crippen molar-refractivity contribution in [2.24, 2.45) is 5.92 Å². The Bertz CT molecular complexity index is 1120. The van der Waals surface area contributed by atoms with Gasteiger partial charge in [-0.2, -0.15) is 5.26 Å². The van der Waals surface area contributed by atoms with Crippen molar-refractivity contribution in [3.05, 3.63) is 81.9 Å². The van der Waals surface area contributed by atoms with Gasteiger partial charge in [0, 0.05) is 16.1 Å². The first-order valence-electron chi connectivity index (χ1n) is 9.99. The first kappa shape index (κ1) is 20.1. The molecule has 2 aromatic carbocycles. The summed E-state index contributed by atoms with van der Waals surface area (Å²) in [5.74, 6) is 0.524. The molecular formula is C25H21ClN2O2. The summed E-state index contributed by atoms with van der Waals surface area (Å²) in [5, 5.41) is 10.4. The number of aromatic nitrogens is 1. The molecule has 1 heterocycles. The summed E-state index contributed by atoms with van der Waals surface area (Å²) in [5.41, 5.74) is 4.89. The molecule has 0 N–H and O–H groups in total. The molecule has 4 rings (SSSR count). The van der Waals surface area contributed by atoms with Gasteiger partial charge in [-0.1, -0.05) is 48.9 Å². The topological polar surface area (TPSA) is 63.0 Å². The molecule has 1 aromatic heterocycles. The first-order chi connectivity index (χ1) is 14.6. The molecule has 1 atom stereocenters. The molecule has 1 aliphatic rings. The van der Waals surface area contributed by atoms with Crippen LogP contribution >= 0.6 is 11.6 Å². The Labute approximate surface area is 181 Å². The van der Waals surface area contributed by atoms with Crippen LogP contribution in [0.2, 0.25) is 5.02 Å². The normalized spacial score (nSPS) is 15.2. The summed E-state index contributed by atoms with van der Waals surface area (Å²) in [6.07, 6.45) is 2.75. The molecule has 3 aromatic rings. The van der Waals surface area contributed by atoms with Gasteiger partial charge in [0.2, 0.25) is 5.88 Å². The molecule has 0 aliphatic heterocycles. The van der Waals surface area contributed by atoms with E-state index in [1.54, 1.807) is 24.3 Å². The van der Waals surface area contributed by atoms with Crippen LogP contribution in [-0.2, 0) is 12.8 Å². The van der Waals surface area contributed by atoms with Gasteiger partial charge in [-0.25, -0.2) is 4.98 Å². The van der Waals surface area contributed by atoms with Gasteiger partial charge in [0.1, 0.15) is 11.6 Å². The number of ketones is 1. The number of pyridine rings is 1. The van der Waals surface area contributed by atoms with E-state index in [2.05, 4.69) is 13.0 Å². The van der Waals surface area contributed by atoms with Gasteiger partial charge in [0.25, 0.3) is 0 Å². The lowest BCUT2D eigenvalue weighted by Gasteiger charge is -2.25. The monoisotopic (exact) mass is 416 g/mol. The molecule has 0 radical (unpaired) electrons. The largest absolute Gasteiger partial charge is 0.468 e. The van der Waals surface area contributed by atoms with Crippen molar-refractivity contribution in [1.82, 2.24) is 4.98 Å². The molecule has 150 valence electrons. The van der Waals surface area contributed by atoms with Crippen molar-refractivity contribution in [2.75, 3.05) is 6.61 Å². The molecule has 0 bridgehead atoms. The summed E-state index contributed by atoms with van der Waals surface area (Å²) in [6, 6.07) is 18.9. The number of fused-ring (bicyclic) bond motifs is 1. The lowest BCUT2D eigenvalue weighted by molar-refractivity contribution is 0.0918. The Morgan fingerprint density at radius 2 is 1.90 bits per heavy atom. The smallest absolute Gasteiger partial charge is 0.233 e. The fourth-order valence-electron chi connectivity index (χ4n) is 3.89. The van der Waals surface area contributed by atoms with Crippen LogP contribution in [-0.4, -0.2) is 17.4 Å². The van der Waals surface area contributed by atoms with Crippen LogP contribution in [0.15, 0.2) is 54.6 Å². The molecule has 30 heavy (non-hydrogen) atoms. The second kappa shape index (κ2) is 8.69. The highest BCUT2D eigenvalue weighted by Gasteiger charge is 2.26. The van der Waals surface area contributed by atoms with E-state index >= 15 is 0 Å². The number of hydrogen-bond acceptors (Lipinski definition) is 4. The third kappa shape index (κ3) is 4.08. The van der Waals surface area contributed by atoms with Crippen LogP contribution in [0.1, 0.15) is 40.4 Å². The molecule has 0 saturated carbocycles. The summed E-state index contributed by atoms with van der Waals surface area (Å²) in [4.78, 5) is 17.3. The minimum atomic E-state index is -0.190. The van der Waals surface area contributed by atoms with Crippen molar-refractivity contribution >= 4 is 17.4 Å². The maximum absolute atomic E-state index is 12.5. The van der Waals surface area contributed by atoms with Crippen LogP contribution in [0.25, 0.3) is 11.3 Å². The van der Waals surface area contributed by atoms with Crippen LogP contribution in [0.3, 0.4) is 0 Å². The summed E-state index contributed by atoms with van der Waals surface area (Å²) < 4.78 is 5.82. The number of rotatable bonds is 5. The van der Waals surface area contributed by atoms with Gasteiger partial charge in [0.15, 0.2) is 12.4 Å². The molecule has 0 unspecified atom stereocenters. The highest BCUT2D eigenvalue weighted by atomic mass is 35.5. The van der Waals surface area contributed by atoms with E-state index in [0.717, 1.165) is 41.6 Å². The van der Waals surface area contributed by atoms with Crippen molar-refractivity contribution in [3.8, 4) is 23.2 Å². The van der Waals surface area contributed by atoms with E-state index in [1.807, 2.05) is 30.3 Å². The van der Waals surface area contributed by atoms with Crippen LogP contribution in [0.4, 0.5) is 0 Å². The average Bonchev–Trinajstić information content (AvgIpc) is 2.77. The Hall–Kier alpha value is -3.16. The van der Waals surface area contributed by atoms with Crippen molar-refractivity contribution in [1.29, 1.82) is 5.26 Å². The number of ether oxygens (including phenoxy) is 1. The van der Waals surface area contributed by atoms with Crippen LogP contribution < -0.4 is 4.74 Å². The first-order valence-corrected chi connectivity index (χ1v) is 10.4. The molecule has 1 aliphatic carbocycles. The average molecular weight is 417 g/mol. The van der Waals surface area contributed by atoms with E-state index in [9.17, 15) is 10.1 Å². The minimum absolute atomic E-state index is 0.189. The number of benzene rings is 2. The summed E-state index contributed by atoms with van der Waals surface area (Å²) in [7, 11) is 0. The number of nitrogens with zero attached hydrogens (tertiary/aromatic N) is 2. The van der Waals surface area contributed by atoms with E-state index < -0.39 is 0 Å². The zero-order chi connectivity index (χ0) is 21.1. The predicted octanol–water partition coefficient (Wildman–Crippen LogP) is 5.66. The molecule has 0 saturated heterocycles. The molecule has 0 spiro atoms. The number of Topliss-reactive ketones (excluding diaryl/α,β-unsaturated/α-hetero) is 1. The number of nitriles is 1. The fourth-order valence-corrected chi connectivity index (χ4v) is 4.02. The molecular weight excluding hydrogens is 396 g/mol. The highest BCUT2D eigenvalue weighted by molar-refractivity contribution is 6.30. The van der Waals surface area contributed by atoms with E-state index in [1.165, 1.54) is 0 Å². The SMILES string of the molecule is C[C@H]1CCc2c(-c3ccccc3)nc(OCC(=O)c3ccc(Cl)cc3)c(C#N)c2C1. The number of carbonyl (C=O) groups excluding carboxylic acids is 1. The lowest BCUT2D eigenvalue weighted by atomic mass is 9.81. The number of halogens is 1. The van der Waals surface area contributed by atoms with Crippen molar-refractivity contribution in [2.45, 2.75) is 26.2 Å². The molecule has 4 nitrogen and oxygen atoms in total. The van der Waals surface area contributed by atoms with Gasteiger partial charge in [-0.3, -0.25) is 4.79 Å². The standard InChI is InChI=1S/C25H21ClN2O2/c1-16-7-12-20-21(13-16)22(14-27)25(28-24(20)18-5-3-2-4-6-18)30-15-23(29)17-8-10-19(26)11-9-17/h2-6,8-11,16H,7,12-13,15H2,1H3/t16-/m0/s1. The Kier molecular flexibility index (Phi) is 5.83. The lowest BCUT2D eigenvalue weighted by Crippen LogP contribution is -2.18. The Morgan fingerprint density at radius 3 is 2.60 bits per heavy atom. The van der Waals surface area contributed by atoms with E-state index in [0.29, 0.717) is 22.1 Å². The quantitative estimate of drug-likeness (QED) is 0.503. The number of carbonyl (C=O) groups is 1. The zero-order valence-electron chi connectivity index (χ0n) is 16.7. The fraction of sp³-hybridized carbons (Fsp3) is 0.240. The van der Waals surface area contributed by atoms with Gasteiger partial charge < -0.3 is 4.74 Å². The third-order valence-electron chi connectivity index (χ3n) is 5.48. The Morgan fingerprint density at radius 1 is 1.17 bits per heavy atom. The van der Waals surface area contributed by atoms with Crippen molar-refractivity contribution < 1.29 is 9.53 Å². The maximum Gasteiger partial charge on any atom is 0.233 e. The number of hydrogen-bond donors (Lipinski definition) is 0. The molecule has 0 amide bonds. The second-order valence-corrected chi connectivity index (χ2v) is 8.08. The summed E-state index contributed by atoms with van der Waals surface area (Å²) in [6.45, 7) is 2.00. The van der Waals surface area contributed by atoms with E-state index in [4.69, 9.17) is 21.3 Å². The molecule has 5 heteroatoms.